The highest BCUT2D eigenvalue weighted by molar-refractivity contribution is 7.92. The fraction of sp³-hybridized carbons (Fsp3) is 0.632. The van der Waals surface area contributed by atoms with Gasteiger partial charge in [0.15, 0.2) is 15.8 Å². The van der Waals surface area contributed by atoms with Gasteiger partial charge in [-0.15, -0.1) is 0 Å². The molecule has 0 atom stereocenters. The second-order valence-corrected chi connectivity index (χ2v) is 10.9. The summed E-state index contributed by atoms with van der Waals surface area (Å²) >= 11 is 6.10. The van der Waals surface area contributed by atoms with Crippen LogP contribution < -0.4 is 10.2 Å². The normalized spacial score (nSPS) is 16.6. The SMILES string of the molecule is CCNC(=NCCS(=O)(=O)C(C)(C)C)N1CCN(c2cccc(Cl)c2)CC1. The van der Waals surface area contributed by atoms with Crippen molar-refractivity contribution in [2.24, 2.45) is 4.99 Å². The molecule has 0 aromatic heterocycles. The van der Waals surface area contributed by atoms with Crippen molar-refractivity contribution in [1.29, 1.82) is 0 Å². The third-order valence-corrected chi connectivity index (χ3v) is 7.46. The number of aliphatic imine (C=N–C) groups is 1. The average Bonchev–Trinajstić information content (AvgIpc) is 2.60. The number of guanidine groups is 1. The number of nitrogens with one attached hydrogen (secondary N) is 1. The molecular formula is C19H31ClN4O2S. The van der Waals surface area contributed by atoms with Crippen LogP contribution in [0.3, 0.4) is 0 Å². The number of sulfone groups is 1. The fourth-order valence-corrected chi connectivity index (χ4v) is 3.98. The molecule has 1 saturated heterocycles. The molecule has 1 aromatic rings. The van der Waals surface area contributed by atoms with E-state index in [9.17, 15) is 8.42 Å². The molecule has 1 heterocycles. The van der Waals surface area contributed by atoms with Gasteiger partial charge in [0.25, 0.3) is 0 Å². The maximum absolute atomic E-state index is 12.3. The lowest BCUT2D eigenvalue weighted by Crippen LogP contribution is -2.52. The summed E-state index contributed by atoms with van der Waals surface area (Å²) < 4.78 is 23.8. The predicted octanol–water partition coefficient (Wildman–Crippen LogP) is 2.64. The van der Waals surface area contributed by atoms with E-state index in [1.165, 1.54) is 0 Å². The topological polar surface area (TPSA) is 65.0 Å². The lowest BCUT2D eigenvalue weighted by Gasteiger charge is -2.37. The average molecular weight is 415 g/mol. The summed E-state index contributed by atoms with van der Waals surface area (Å²) in [5, 5.41) is 4.02. The van der Waals surface area contributed by atoms with Gasteiger partial charge in [-0.2, -0.15) is 0 Å². The van der Waals surface area contributed by atoms with Gasteiger partial charge >= 0.3 is 0 Å². The van der Waals surface area contributed by atoms with E-state index >= 15 is 0 Å². The first kappa shape index (κ1) is 21.8. The zero-order chi connectivity index (χ0) is 20.1. The van der Waals surface area contributed by atoms with Gasteiger partial charge in [0, 0.05) is 43.4 Å². The van der Waals surface area contributed by atoms with Crippen molar-refractivity contribution in [3.63, 3.8) is 0 Å². The number of anilines is 1. The van der Waals surface area contributed by atoms with Crippen molar-refractivity contribution in [3.05, 3.63) is 29.3 Å². The fourth-order valence-electron chi connectivity index (χ4n) is 2.85. The highest BCUT2D eigenvalue weighted by Crippen LogP contribution is 2.21. The Morgan fingerprint density at radius 2 is 1.89 bits per heavy atom. The molecule has 1 aliphatic heterocycles. The van der Waals surface area contributed by atoms with Crippen molar-refractivity contribution in [2.75, 3.05) is 49.9 Å². The molecule has 152 valence electrons. The van der Waals surface area contributed by atoms with Crippen LogP contribution in [0.5, 0.6) is 0 Å². The quantitative estimate of drug-likeness (QED) is 0.592. The minimum atomic E-state index is -3.16. The largest absolute Gasteiger partial charge is 0.368 e. The number of hydrogen-bond donors (Lipinski definition) is 1. The predicted molar refractivity (Wildman–Crippen MR) is 115 cm³/mol. The molecule has 8 heteroatoms. The number of hydrogen-bond acceptors (Lipinski definition) is 4. The Morgan fingerprint density at radius 1 is 1.22 bits per heavy atom. The molecular weight excluding hydrogens is 384 g/mol. The Kier molecular flexibility index (Phi) is 7.40. The van der Waals surface area contributed by atoms with Gasteiger partial charge in [0.1, 0.15) is 0 Å². The number of rotatable bonds is 5. The first-order valence-electron chi connectivity index (χ1n) is 9.40. The molecule has 0 spiro atoms. The minimum Gasteiger partial charge on any atom is -0.368 e. The molecule has 1 fully saturated rings. The lowest BCUT2D eigenvalue weighted by atomic mass is 10.2. The Labute approximate surface area is 168 Å². The van der Waals surface area contributed by atoms with Crippen LogP contribution in [-0.2, 0) is 9.84 Å². The molecule has 0 aliphatic carbocycles. The lowest BCUT2D eigenvalue weighted by molar-refractivity contribution is 0.373. The van der Waals surface area contributed by atoms with Crippen molar-refractivity contribution < 1.29 is 8.42 Å². The van der Waals surface area contributed by atoms with E-state index in [2.05, 4.69) is 26.2 Å². The molecule has 0 bridgehead atoms. The molecule has 1 N–H and O–H groups in total. The van der Waals surface area contributed by atoms with Crippen molar-refractivity contribution in [2.45, 2.75) is 32.4 Å². The van der Waals surface area contributed by atoms with Crippen molar-refractivity contribution in [3.8, 4) is 0 Å². The smallest absolute Gasteiger partial charge is 0.194 e. The first-order valence-corrected chi connectivity index (χ1v) is 11.4. The van der Waals surface area contributed by atoms with Gasteiger partial charge in [-0.25, -0.2) is 8.42 Å². The number of nitrogens with zero attached hydrogens (tertiary/aromatic N) is 3. The van der Waals surface area contributed by atoms with E-state index in [-0.39, 0.29) is 12.3 Å². The van der Waals surface area contributed by atoms with E-state index in [1.807, 2.05) is 25.1 Å². The monoisotopic (exact) mass is 414 g/mol. The molecule has 0 radical (unpaired) electrons. The van der Waals surface area contributed by atoms with Crippen LogP contribution in [0, 0.1) is 0 Å². The summed E-state index contributed by atoms with van der Waals surface area (Å²) in [5.41, 5.74) is 1.13. The third kappa shape index (κ3) is 6.01. The van der Waals surface area contributed by atoms with Crippen LogP contribution in [0.4, 0.5) is 5.69 Å². The zero-order valence-corrected chi connectivity index (χ0v) is 18.3. The number of benzene rings is 1. The first-order chi connectivity index (χ1) is 12.6. The van der Waals surface area contributed by atoms with Crippen molar-refractivity contribution in [1.82, 2.24) is 10.2 Å². The summed E-state index contributed by atoms with van der Waals surface area (Å²) in [6.45, 7) is 11.6. The zero-order valence-electron chi connectivity index (χ0n) is 16.7. The summed E-state index contributed by atoms with van der Waals surface area (Å²) in [6, 6.07) is 7.89. The van der Waals surface area contributed by atoms with Crippen LogP contribution in [0.1, 0.15) is 27.7 Å². The van der Waals surface area contributed by atoms with Crippen LogP contribution in [0.25, 0.3) is 0 Å². The molecule has 0 saturated carbocycles. The van der Waals surface area contributed by atoms with E-state index in [0.29, 0.717) is 0 Å². The van der Waals surface area contributed by atoms with Crippen molar-refractivity contribution >= 4 is 33.1 Å². The van der Waals surface area contributed by atoms with Crippen LogP contribution in [-0.4, -0.2) is 69.0 Å². The molecule has 6 nitrogen and oxygen atoms in total. The van der Waals surface area contributed by atoms with Gasteiger partial charge in [0.05, 0.1) is 17.0 Å². The van der Waals surface area contributed by atoms with Gasteiger partial charge in [0.2, 0.25) is 0 Å². The maximum atomic E-state index is 12.3. The van der Waals surface area contributed by atoms with E-state index in [1.54, 1.807) is 20.8 Å². The molecule has 27 heavy (non-hydrogen) atoms. The summed E-state index contributed by atoms with van der Waals surface area (Å²) in [5.74, 6) is 0.848. The van der Waals surface area contributed by atoms with Gasteiger partial charge in [-0.3, -0.25) is 4.99 Å². The Hall–Kier alpha value is -1.47. The second kappa shape index (κ2) is 9.15. The Bertz CT molecular complexity index is 751. The van der Waals surface area contributed by atoms with Gasteiger partial charge in [-0.1, -0.05) is 17.7 Å². The molecule has 1 aliphatic rings. The van der Waals surface area contributed by atoms with Crippen LogP contribution in [0.2, 0.25) is 5.02 Å². The summed E-state index contributed by atoms with van der Waals surface area (Å²) in [4.78, 5) is 9.05. The standard InChI is InChI=1S/C19H31ClN4O2S/c1-5-21-18(22-9-14-27(25,26)19(2,3)4)24-12-10-23(11-13-24)17-8-6-7-16(20)15-17/h6-8,15H,5,9-14H2,1-4H3,(H,21,22). The van der Waals surface area contributed by atoms with Gasteiger partial charge in [-0.05, 0) is 45.9 Å². The summed E-state index contributed by atoms with van der Waals surface area (Å²) in [7, 11) is -3.16. The molecule has 2 rings (SSSR count). The van der Waals surface area contributed by atoms with Crippen LogP contribution in [0.15, 0.2) is 29.3 Å². The third-order valence-electron chi connectivity index (χ3n) is 4.64. The molecule has 0 amide bonds. The number of piperazine rings is 1. The maximum Gasteiger partial charge on any atom is 0.194 e. The summed E-state index contributed by atoms with van der Waals surface area (Å²) in [6.07, 6.45) is 0. The molecule has 0 unspecified atom stereocenters. The molecule has 1 aromatic carbocycles. The van der Waals surface area contributed by atoms with Crippen LogP contribution >= 0.6 is 11.6 Å². The van der Waals surface area contributed by atoms with Gasteiger partial charge < -0.3 is 15.1 Å². The van der Waals surface area contributed by atoms with E-state index in [4.69, 9.17) is 11.6 Å². The number of halogens is 1. The van der Waals surface area contributed by atoms with E-state index in [0.717, 1.165) is 49.4 Å². The highest BCUT2D eigenvalue weighted by Gasteiger charge is 2.28. The highest BCUT2D eigenvalue weighted by atomic mass is 35.5. The second-order valence-electron chi connectivity index (χ2n) is 7.62. The van der Waals surface area contributed by atoms with E-state index < -0.39 is 14.6 Å². The Morgan fingerprint density at radius 3 is 2.44 bits per heavy atom. The Balaban J connectivity index is 1.97. The minimum absolute atomic E-state index is 0.0634.